The summed E-state index contributed by atoms with van der Waals surface area (Å²) in [6.07, 6.45) is 3.95. The van der Waals surface area contributed by atoms with E-state index in [2.05, 4.69) is 32.6 Å². The van der Waals surface area contributed by atoms with Gasteiger partial charge in [-0.2, -0.15) is 0 Å². The minimum Gasteiger partial charge on any atom is -0.297 e. The fraction of sp³-hybridized carbons (Fsp3) is 0.929. The van der Waals surface area contributed by atoms with Crippen LogP contribution >= 0.6 is 0 Å². The van der Waals surface area contributed by atoms with Crippen LogP contribution in [0.4, 0.5) is 0 Å². The van der Waals surface area contributed by atoms with Gasteiger partial charge in [0.05, 0.1) is 6.04 Å². The average Bonchev–Trinajstić information content (AvgIpc) is 2.73. The molecule has 2 fully saturated rings. The topological polar surface area (TPSA) is 20.3 Å². The molecule has 1 aliphatic heterocycles. The third kappa shape index (κ3) is 1.92. The molecule has 2 heteroatoms. The van der Waals surface area contributed by atoms with Gasteiger partial charge in [-0.3, -0.25) is 9.69 Å². The van der Waals surface area contributed by atoms with E-state index in [1.807, 2.05) is 0 Å². The summed E-state index contributed by atoms with van der Waals surface area (Å²) in [6.45, 7) is 10.6. The first-order chi connectivity index (χ1) is 7.45. The molecule has 0 aromatic rings. The van der Waals surface area contributed by atoms with E-state index < -0.39 is 0 Å². The van der Waals surface area contributed by atoms with E-state index in [4.69, 9.17) is 0 Å². The molecular weight excluding hydrogens is 198 g/mol. The van der Waals surface area contributed by atoms with Crippen molar-refractivity contribution in [3.8, 4) is 0 Å². The Bertz CT molecular complexity index is 279. The molecule has 1 heterocycles. The first-order valence-corrected chi connectivity index (χ1v) is 6.73. The molecule has 2 rings (SSSR count). The quantitative estimate of drug-likeness (QED) is 0.717. The third-order valence-corrected chi connectivity index (χ3v) is 4.40. The molecule has 16 heavy (non-hydrogen) atoms. The summed E-state index contributed by atoms with van der Waals surface area (Å²) in [5.74, 6) is 1.92. The molecule has 0 amide bonds. The minimum atomic E-state index is -0.185. The van der Waals surface area contributed by atoms with Crippen LogP contribution in [-0.4, -0.2) is 29.8 Å². The van der Waals surface area contributed by atoms with E-state index in [9.17, 15) is 4.79 Å². The first kappa shape index (κ1) is 12.1. The van der Waals surface area contributed by atoms with E-state index in [0.717, 1.165) is 19.0 Å². The lowest BCUT2D eigenvalue weighted by atomic mass is 9.80. The molecule has 0 radical (unpaired) electrons. The molecule has 0 bridgehead atoms. The lowest BCUT2D eigenvalue weighted by molar-refractivity contribution is -0.132. The fourth-order valence-corrected chi connectivity index (χ4v) is 3.52. The SMILES string of the molecule is CCN1CC2CCCC2C1C(=O)C(C)(C)C. The van der Waals surface area contributed by atoms with Gasteiger partial charge in [0, 0.05) is 12.0 Å². The number of ketones is 1. The Hall–Kier alpha value is -0.370. The van der Waals surface area contributed by atoms with Crippen LogP contribution in [0.5, 0.6) is 0 Å². The number of carbonyl (C=O) groups is 1. The molecule has 2 aliphatic rings. The highest BCUT2D eigenvalue weighted by Gasteiger charge is 2.48. The highest BCUT2D eigenvalue weighted by atomic mass is 16.1. The van der Waals surface area contributed by atoms with Crippen molar-refractivity contribution in [1.82, 2.24) is 4.90 Å². The van der Waals surface area contributed by atoms with E-state index in [1.54, 1.807) is 0 Å². The summed E-state index contributed by atoms with van der Waals surface area (Å²) in [5.41, 5.74) is -0.185. The maximum Gasteiger partial charge on any atom is 0.155 e. The van der Waals surface area contributed by atoms with Crippen LogP contribution in [0.25, 0.3) is 0 Å². The maximum absolute atomic E-state index is 12.5. The second kappa shape index (κ2) is 4.14. The maximum atomic E-state index is 12.5. The third-order valence-electron chi connectivity index (χ3n) is 4.40. The van der Waals surface area contributed by atoms with Crippen molar-refractivity contribution in [2.45, 2.75) is 53.0 Å². The molecule has 0 aromatic carbocycles. The van der Waals surface area contributed by atoms with Gasteiger partial charge in [0.2, 0.25) is 0 Å². The molecule has 0 aromatic heterocycles. The van der Waals surface area contributed by atoms with Gasteiger partial charge in [-0.05, 0) is 31.2 Å². The molecule has 0 spiro atoms. The average molecular weight is 223 g/mol. The zero-order valence-electron chi connectivity index (χ0n) is 11.1. The van der Waals surface area contributed by atoms with Crippen LogP contribution in [0.2, 0.25) is 0 Å². The summed E-state index contributed by atoms with van der Waals surface area (Å²) in [5, 5.41) is 0. The van der Waals surface area contributed by atoms with Gasteiger partial charge in [0.25, 0.3) is 0 Å². The molecule has 1 aliphatic carbocycles. The van der Waals surface area contributed by atoms with E-state index in [-0.39, 0.29) is 11.5 Å². The number of hydrogen-bond donors (Lipinski definition) is 0. The van der Waals surface area contributed by atoms with Gasteiger partial charge in [-0.15, -0.1) is 0 Å². The molecule has 2 nitrogen and oxygen atoms in total. The second-order valence-corrected chi connectivity index (χ2v) is 6.50. The molecule has 1 saturated carbocycles. The van der Waals surface area contributed by atoms with Gasteiger partial charge in [0.1, 0.15) is 0 Å². The molecule has 3 atom stereocenters. The van der Waals surface area contributed by atoms with Gasteiger partial charge in [0.15, 0.2) is 5.78 Å². The van der Waals surface area contributed by atoms with Crippen LogP contribution in [0.15, 0.2) is 0 Å². The highest BCUT2D eigenvalue weighted by molar-refractivity contribution is 5.89. The lowest BCUT2D eigenvalue weighted by Crippen LogP contribution is -2.44. The minimum absolute atomic E-state index is 0.185. The van der Waals surface area contributed by atoms with Crippen molar-refractivity contribution >= 4 is 5.78 Å². The van der Waals surface area contributed by atoms with Crippen molar-refractivity contribution in [2.75, 3.05) is 13.1 Å². The largest absolute Gasteiger partial charge is 0.297 e. The molecule has 3 unspecified atom stereocenters. The van der Waals surface area contributed by atoms with Crippen molar-refractivity contribution in [1.29, 1.82) is 0 Å². The van der Waals surface area contributed by atoms with Gasteiger partial charge < -0.3 is 0 Å². The van der Waals surface area contributed by atoms with Crippen molar-refractivity contribution < 1.29 is 4.79 Å². The zero-order valence-corrected chi connectivity index (χ0v) is 11.1. The number of likely N-dealkylation sites (N-methyl/N-ethyl adjacent to an activating group) is 1. The van der Waals surface area contributed by atoms with E-state index in [1.165, 1.54) is 19.3 Å². The summed E-state index contributed by atoms with van der Waals surface area (Å²) >= 11 is 0. The van der Waals surface area contributed by atoms with Crippen LogP contribution < -0.4 is 0 Å². The molecule has 0 N–H and O–H groups in total. The molecule has 92 valence electrons. The Labute approximate surface area is 99.4 Å². The fourth-order valence-electron chi connectivity index (χ4n) is 3.52. The smallest absolute Gasteiger partial charge is 0.155 e. The lowest BCUT2D eigenvalue weighted by Gasteiger charge is -2.31. The van der Waals surface area contributed by atoms with Crippen molar-refractivity contribution in [2.24, 2.45) is 17.3 Å². The molecule has 1 saturated heterocycles. The van der Waals surface area contributed by atoms with Gasteiger partial charge in [-0.25, -0.2) is 0 Å². The first-order valence-electron chi connectivity index (χ1n) is 6.73. The Morgan fingerprint density at radius 3 is 2.56 bits per heavy atom. The second-order valence-electron chi connectivity index (χ2n) is 6.50. The summed E-state index contributed by atoms with van der Waals surface area (Å²) in [4.78, 5) is 15.0. The van der Waals surface area contributed by atoms with Crippen LogP contribution in [0, 0.1) is 17.3 Å². The Morgan fingerprint density at radius 2 is 2.00 bits per heavy atom. The van der Waals surface area contributed by atoms with Gasteiger partial charge in [-0.1, -0.05) is 34.1 Å². The normalized spacial score (nSPS) is 35.4. The Morgan fingerprint density at radius 1 is 1.31 bits per heavy atom. The van der Waals surface area contributed by atoms with Crippen LogP contribution in [0.1, 0.15) is 47.0 Å². The number of likely N-dealkylation sites (tertiary alicyclic amines) is 1. The predicted octanol–water partition coefficient (Wildman–Crippen LogP) is 2.72. The van der Waals surface area contributed by atoms with E-state index >= 15 is 0 Å². The number of Topliss-reactive ketones (excluding diaryl/α,β-unsaturated/α-hetero) is 1. The van der Waals surface area contributed by atoms with Crippen molar-refractivity contribution in [3.05, 3.63) is 0 Å². The van der Waals surface area contributed by atoms with Crippen molar-refractivity contribution in [3.63, 3.8) is 0 Å². The van der Waals surface area contributed by atoms with Crippen LogP contribution in [0.3, 0.4) is 0 Å². The monoisotopic (exact) mass is 223 g/mol. The Balaban J connectivity index is 2.19. The predicted molar refractivity (Wildman–Crippen MR) is 66.3 cm³/mol. The zero-order chi connectivity index (χ0) is 11.9. The standard InChI is InChI=1S/C14H25NO/c1-5-15-9-10-7-6-8-11(10)12(15)13(16)14(2,3)4/h10-12H,5-9H2,1-4H3. The van der Waals surface area contributed by atoms with E-state index in [0.29, 0.717) is 11.7 Å². The van der Waals surface area contributed by atoms with Gasteiger partial charge >= 0.3 is 0 Å². The summed E-state index contributed by atoms with van der Waals surface area (Å²) in [7, 11) is 0. The summed E-state index contributed by atoms with van der Waals surface area (Å²) < 4.78 is 0. The number of nitrogens with zero attached hydrogens (tertiary/aromatic N) is 1. The number of carbonyl (C=O) groups excluding carboxylic acids is 1. The number of hydrogen-bond acceptors (Lipinski definition) is 2. The van der Waals surface area contributed by atoms with Crippen LogP contribution in [-0.2, 0) is 4.79 Å². The number of rotatable bonds is 2. The Kier molecular flexibility index (Phi) is 3.13. The molecular formula is C14H25NO. The highest BCUT2D eigenvalue weighted by Crippen LogP contribution is 2.44. The summed E-state index contributed by atoms with van der Waals surface area (Å²) in [6, 6.07) is 0.220. The number of fused-ring (bicyclic) bond motifs is 1.